The van der Waals surface area contributed by atoms with Gasteiger partial charge >= 0.3 is 0 Å². The fourth-order valence-corrected chi connectivity index (χ4v) is 2.34. The van der Waals surface area contributed by atoms with Crippen molar-refractivity contribution in [2.45, 2.75) is 26.3 Å². The Morgan fingerprint density at radius 2 is 1.82 bits per heavy atom. The monoisotopic (exact) mass is 293 g/mol. The summed E-state index contributed by atoms with van der Waals surface area (Å²) < 4.78 is 6.22. The molecule has 1 aromatic carbocycles. The van der Waals surface area contributed by atoms with E-state index in [9.17, 15) is 0 Å². The van der Waals surface area contributed by atoms with Crippen molar-refractivity contribution in [2.24, 2.45) is 5.73 Å². The average molecular weight is 294 g/mol. The maximum absolute atomic E-state index is 6.16. The molecule has 0 saturated carbocycles. The molecule has 0 bridgehead atoms. The molecular formula is C14H16BrNO. The first-order chi connectivity index (χ1) is 8.08. The molecule has 2 rings (SSSR count). The molecule has 1 heterocycles. The minimum Gasteiger partial charge on any atom is -0.453 e. The second-order valence-electron chi connectivity index (χ2n) is 4.32. The van der Waals surface area contributed by atoms with Crippen molar-refractivity contribution in [3.05, 3.63) is 57.5 Å². The van der Waals surface area contributed by atoms with Crippen LogP contribution in [0.2, 0.25) is 0 Å². The zero-order valence-electron chi connectivity index (χ0n) is 10.0. The van der Waals surface area contributed by atoms with Gasteiger partial charge in [-0.1, -0.05) is 18.2 Å². The number of hydrogen-bond acceptors (Lipinski definition) is 2. The number of halogens is 1. The molecular weight excluding hydrogens is 278 g/mol. The predicted octanol–water partition coefficient (Wildman–Crippen LogP) is 3.90. The maximum Gasteiger partial charge on any atom is 0.169 e. The van der Waals surface area contributed by atoms with E-state index in [0.717, 1.165) is 16.9 Å². The van der Waals surface area contributed by atoms with Crippen molar-refractivity contribution in [3.8, 4) is 0 Å². The highest BCUT2D eigenvalue weighted by Crippen LogP contribution is 2.24. The summed E-state index contributed by atoms with van der Waals surface area (Å²) in [7, 11) is 0. The van der Waals surface area contributed by atoms with Gasteiger partial charge in [-0.3, -0.25) is 0 Å². The maximum atomic E-state index is 6.16. The van der Waals surface area contributed by atoms with Gasteiger partial charge in [-0.15, -0.1) is 0 Å². The number of aryl methyl sites for hydroxylation is 2. The van der Waals surface area contributed by atoms with Crippen LogP contribution in [0.1, 0.15) is 28.5 Å². The van der Waals surface area contributed by atoms with E-state index in [1.165, 1.54) is 16.7 Å². The first-order valence-electron chi connectivity index (χ1n) is 5.64. The Bertz CT molecular complexity index is 498. The van der Waals surface area contributed by atoms with Crippen LogP contribution in [0.3, 0.4) is 0 Å². The molecule has 0 amide bonds. The lowest BCUT2D eigenvalue weighted by Gasteiger charge is -2.13. The van der Waals surface area contributed by atoms with Gasteiger partial charge in [0.05, 0.1) is 6.04 Å². The lowest BCUT2D eigenvalue weighted by Crippen LogP contribution is -2.14. The summed E-state index contributed by atoms with van der Waals surface area (Å²) in [6.45, 7) is 4.24. The van der Waals surface area contributed by atoms with Crippen molar-refractivity contribution in [1.29, 1.82) is 0 Å². The van der Waals surface area contributed by atoms with Crippen molar-refractivity contribution < 1.29 is 4.42 Å². The van der Waals surface area contributed by atoms with E-state index in [2.05, 4.69) is 48.0 Å². The molecule has 17 heavy (non-hydrogen) atoms. The topological polar surface area (TPSA) is 39.2 Å². The lowest BCUT2D eigenvalue weighted by atomic mass is 9.96. The van der Waals surface area contributed by atoms with Crippen LogP contribution in [0.25, 0.3) is 0 Å². The average Bonchev–Trinajstić information content (AvgIpc) is 2.70. The Labute approximate surface area is 110 Å². The third-order valence-corrected chi connectivity index (χ3v) is 3.45. The van der Waals surface area contributed by atoms with Crippen LogP contribution >= 0.6 is 15.9 Å². The van der Waals surface area contributed by atoms with Crippen molar-refractivity contribution in [3.63, 3.8) is 0 Å². The van der Waals surface area contributed by atoms with Gasteiger partial charge in [0.25, 0.3) is 0 Å². The summed E-state index contributed by atoms with van der Waals surface area (Å²) in [6.07, 6.45) is 0.804. The first-order valence-corrected chi connectivity index (χ1v) is 6.43. The highest BCUT2D eigenvalue weighted by molar-refractivity contribution is 9.10. The summed E-state index contributed by atoms with van der Waals surface area (Å²) in [5.41, 5.74) is 10.0. The largest absolute Gasteiger partial charge is 0.453 e. The normalized spacial score (nSPS) is 12.7. The zero-order valence-corrected chi connectivity index (χ0v) is 11.6. The van der Waals surface area contributed by atoms with Crippen LogP contribution in [0.15, 0.2) is 39.4 Å². The van der Waals surface area contributed by atoms with E-state index in [1.54, 1.807) is 0 Å². The molecule has 2 aromatic rings. The molecule has 0 aliphatic rings. The van der Waals surface area contributed by atoms with Gasteiger partial charge in [-0.2, -0.15) is 0 Å². The van der Waals surface area contributed by atoms with Gasteiger partial charge < -0.3 is 10.2 Å². The van der Waals surface area contributed by atoms with Crippen molar-refractivity contribution in [1.82, 2.24) is 0 Å². The smallest absolute Gasteiger partial charge is 0.169 e. The molecule has 0 radical (unpaired) electrons. The molecule has 1 atom stereocenters. The fourth-order valence-electron chi connectivity index (χ4n) is 2.02. The second-order valence-corrected chi connectivity index (χ2v) is 5.10. The minimum atomic E-state index is -0.0962. The van der Waals surface area contributed by atoms with E-state index >= 15 is 0 Å². The highest BCUT2D eigenvalue weighted by atomic mass is 79.9. The molecule has 0 aliphatic heterocycles. The van der Waals surface area contributed by atoms with Crippen LogP contribution in [-0.2, 0) is 6.42 Å². The summed E-state index contributed by atoms with van der Waals surface area (Å²) in [6, 6.07) is 10.0. The number of rotatable bonds is 3. The molecule has 0 saturated heterocycles. The Hall–Kier alpha value is -1.06. The summed E-state index contributed by atoms with van der Waals surface area (Å²) in [5, 5.41) is 0. The van der Waals surface area contributed by atoms with Crippen LogP contribution in [0, 0.1) is 13.8 Å². The van der Waals surface area contributed by atoms with E-state index in [1.807, 2.05) is 12.1 Å². The van der Waals surface area contributed by atoms with Crippen molar-refractivity contribution >= 4 is 15.9 Å². The molecule has 2 nitrogen and oxygen atoms in total. The Kier molecular flexibility index (Phi) is 3.69. The molecule has 0 fully saturated rings. The minimum absolute atomic E-state index is 0.0962. The van der Waals surface area contributed by atoms with Crippen LogP contribution in [-0.4, -0.2) is 0 Å². The van der Waals surface area contributed by atoms with Crippen LogP contribution < -0.4 is 5.73 Å². The highest BCUT2D eigenvalue weighted by Gasteiger charge is 2.13. The van der Waals surface area contributed by atoms with Crippen molar-refractivity contribution in [2.75, 3.05) is 0 Å². The fraction of sp³-hybridized carbons (Fsp3) is 0.286. The first kappa shape index (κ1) is 12.4. The third kappa shape index (κ3) is 2.79. The van der Waals surface area contributed by atoms with Crippen LogP contribution in [0.5, 0.6) is 0 Å². The predicted molar refractivity (Wildman–Crippen MR) is 73.0 cm³/mol. The zero-order chi connectivity index (χ0) is 12.4. The number of nitrogens with two attached hydrogens (primary N) is 1. The quantitative estimate of drug-likeness (QED) is 0.932. The van der Waals surface area contributed by atoms with Gasteiger partial charge in [-0.25, -0.2) is 0 Å². The molecule has 1 unspecified atom stereocenters. The number of benzene rings is 1. The van der Waals surface area contributed by atoms with Gasteiger partial charge in [-0.05, 0) is 65.0 Å². The summed E-state index contributed by atoms with van der Waals surface area (Å²) in [5.74, 6) is 0.819. The van der Waals surface area contributed by atoms with Gasteiger partial charge in [0.15, 0.2) is 4.67 Å². The summed E-state index contributed by atoms with van der Waals surface area (Å²) in [4.78, 5) is 0. The number of hydrogen-bond donors (Lipinski definition) is 1. The Morgan fingerprint density at radius 3 is 2.35 bits per heavy atom. The standard InChI is InChI=1S/C14H16BrNO/c1-9-4-3-5-10(2)11(9)8-12(16)13-6-7-14(15)17-13/h3-7,12H,8,16H2,1-2H3. The van der Waals surface area contributed by atoms with Gasteiger partial charge in [0.2, 0.25) is 0 Å². The Morgan fingerprint density at radius 1 is 1.18 bits per heavy atom. The number of furan rings is 1. The van der Waals surface area contributed by atoms with Gasteiger partial charge in [0, 0.05) is 0 Å². The molecule has 0 aliphatic carbocycles. The van der Waals surface area contributed by atoms with Gasteiger partial charge in [0.1, 0.15) is 5.76 Å². The second kappa shape index (κ2) is 5.07. The molecule has 90 valence electrons. The van der Waals surface area contributed by atoms with E-state index in [-0.39, 0.29) is 6.04 Å². The molecule has 0 spiro atoms. The third-order valence-electron chi connectivity index (χ3n) is 3.03. The molecule has 1 aromatic heterocycles. The molecule has 2 N–H and O–H groups in total. The molecule has 3 heteroatoms. The van der Waals surface area contributed by atoms with E-state index in [0.29, 0.717) is 0 Å². The SMILES string of the molecule is Cc1cccc(C)c1CC(N)c1ccc(Br)o1. The Balaban J connectivity index is 2.21. The lowest BCUT2D eigenvalue weighted by molar-refractivity contribution is 0.447. The van der Waals surface area contributed by atoms with Crippen LogP contribution in [0.4, 0.5) is 0 Å². The summed E-state index contributed by atoms with van der Waals surface area (Å²) >= 11 is 3.29. The van der Waals surface area contributed by atoms with E-state index in [4.69, 9.17) is 10.2 Å². The van der Waals surface area contributed by atoms with E-state index < -0.39 is 0 Å².